The minimum Gasteiger partial charge on any atom is -0.469 e. The lowest BCUT2D eigenvalue weighted by Gasteiger charge is -2.35. The first-order valence-corrected chi connectivity index (χ1v) is 6.08. The van der Waals surface area contributed by atoms with Crippen LogP contribution in [0, 0.1) is 17.8 Å². The predicted octanol–water partition coefficient (Wildman–Crippen LogP) is -1.30. The van der Waals surface area contributed by atoms with Gasteiger partial charge in [0.15, 0.2) is 0 Å². The maximum atomic E-state index is 11.6. The molecule has 19 heavy (non-hydrogen) atoms. The van der Waals surface area contributed by atoms with Gasteiger partial charge in [0.25, 0.3) is 0 Å². The lowest BCUT2D eigenvalue weighted by Crippen LogP contribution is -2.53. The summed E-state index contributed by atoms with van der Waals surface area (Å²) in [5.41, 5.74) is 0. The number of carbonyl (C=O) groups is 2. The van der Waals surface area contributed by atoms with Gasteiger partial charge in [0.05, 0.1) is 19.1 Å². The monoisotopic (exact) mass is 274 g/mol. The van der Waals surface area contributed by atoms with E-state index in [-0.39, 0.29) is 5.92 Å². The highest BCUT2D eigenvalue weighted by Gasteiger charge is 2.70. The fourth-order valence-electron chi connectivity index (χ4n) is 3.12. The number of methoxy groups -OCH3 is 2. The van der Waals surface area contributed by atoms with Crippen LogP contribution in [-0.2, 0) is 23.8 Å². The van der Waals surface area contributed by atoms with E-state index in [1.54, 1.807) is 0 Å². The number of rotatable bonds is 3. The second kappa shape index (κ2) is 5.07. The summed E-state index contributed by atoms with van der Waals surface area (Å²) in [5, 5.41) is 19.9. The van der Waals surface area contributed by atoms with Gasteiger partial charge >= 0.3 is 11.9 Å². The van der Waals surface area contributed by atoms with E-state index in [0.29, 0.717) is 0 Å². The van der Waals surface area contributed by atoms with Gasteiger partial charge in [-0.15, -0.1) is 0 Å². The molecule has 0 heterocycles. The van der Waals surface area contributed by atoms with E-state index >= 15 is 0 Å². The Kier molecular flexibility index (Phi) is 3.80. The van der Waals surface area contributed by atoms with Gasteiger partial charge in [-0.2, -0.15) is 0 Å². The molecular formula is C12H18O7. The molecule has 2 saturated carbocycles. The normalized spacial score (nSPS) is 44.2. The molecule has 0 aromatic heterocycles. The zero-order valence-electron chi connectivity index (χ0n) is 11.0. The Labute approximate surface area is 110 Å². The van der Waals surface area contributed by atoms with Crippen LogP contribution in [0.5, 0.6) is 0 Å². The molecule has 0 amide bonds. The SMILES string of the molecule is COC(=O)[C@@H]1[C@H]2[C@H](O)[C@H](O)[C@@H](OC)[C@H](OC(C)=O)[C@@H]12. The highest BCUT2D eigenvalue weighted by molar-refractivity contribution is 5.77. The van der Waals surface area contributed by atoms with E-state index in [1.165, 1.54) is 21.1 Å². The topological polar surface area (TPSA) is 102 Å². The molecule has 0 aliphatic heterocycles. The van der Waals surface area contributed by atoms with Crippen LogP contribution in [0.4, 0.5) is 0 Å². The summed E-state index contributed by atoms with van der Waals surface area (Å²) in [7, 11) is 2.61. The van der Waals surface area contributed by atoms with Crippen LogP contribution in [0.2, 0.25) is 0 Å². The van der Waals surface area contributed by atoms with Crippen molar-refractivity contribution < 1.29 is 34.0 Å². The van der Waals surface area contributed by atoms with E-state index in [1.807, 2.05) is 0 Å². The Morgan fingerprint density at radius 3 is 2.11 bits per heavy atom. The van der Waals surface area contributed by atoms with Crippen molar-refractivity contribution in [3.63, 3.8) is 0 Å². The summed E-state index contributed by atoms with van der Waals surface area (Å²) in [4.78, 5) is 22.8. The number of carbonyl (C=O) groups excluding carboxylic acids is 2. The molecule has 0 spiro atoms. The van der Waals surface area contributed by atoms with Gasteiger partial charge in [-0.3, -0.25) is 9.59 Å². The first-order chi connectivity index (χ1) is 8.93. The molecule has 108 valence electrons. The molecule has 0 saturated heterocycles. The fourth-order valence-corrected chi connectivity index (χ4v) is 3.12. The molecule has 0 bridgehead atoms. The van der Waals surface area contributed by atoms with Gasteiger partial charge in [0.2, 0.25) is 0 Å². The number of aliphatic hydroxyl groups excluding tert-OH is 2. The molecule has 0 aromatic rings. The van der Waals surface area contributed by atoms with Crippen molar-refractivity contribution in [2.45, 2.75) is 31.3 Å². The second-order valence-corrected chi connectivity index (χ2v) is 4.96. The smallest absolute Gasteiger partial charge is 0.309 e. The standard InChI is InChI=1S/C12H18O7/c1-4(13)19-10-6-5(7(6)12(16)18-3)8(14)9(15)11(10)17-2/h5-11,14-15H,1-3H3/t5-,6+,7+,8-,9-,10+,11+/m0/s1. The van der Waals surface area contributed by atoms with E-state index < -0.39 is 48.2 Å². The van der Waals surface area contributed by atoms with Crippen LogP contribution in [0.25, 0.3) is 0 Å². The van der Waals surface area contributed by atoms with Gasteiger partial charge in [0, 0.05) is 25.9 Å². The quantitative estimate of drug-likeness (QED) is 0.617. The van der Waals surface area contributed by atoms with Crippen LogP contribution < -0.4 is 0 Å². The molecule has 0 radical (unpaired) electrons. The molecule has 2 rings (SSSR count). The van der Waals surface area contributed by atoms with Crippen molar-refractivity contribution in [2.75, 3.05) is 14.2 Å². The Balaban J connectivity index is 2.24. The average molecular weight is 274 g/mol. The third-order valence-corrected chi connectivity index (χ3v) is 3.96. The molecule has 0 unspecified atom stereocenters. The van der Waals surface area contributed by atoms with Gasteiger partial charge < -0.3 is 24.4 Å². The summed E-state index contributed by atoms with van der Waals surface area (Å²) >= 11 is 0. The Hall–Kier alpha value is -1.18. The number of fused-ring (bicyclic) bond motifs is 1. The number of hydrogen-bond donors (Lipinski definition) is 2. The molecule has 7 atom stereocenters. The Morgan fingerprint density at radius 2 is 1.63 bits per heavy atom. The van der Waals surface area contributed by atoms with Crippen molar-refractivity contribution in [1.82, 2.24) is 0 Å². The van der Waals surface area contributed by atoms with Crippen molar-refractivity contribution in [3.8, 4) is 0 Å². The zero-order valence-corrected chi connectivity index (χ0v) is 11.0. The number of hydrogen-bond acceptors (Lipinski definition) is 7. The minimum atomic E-state index is -1.20. The van der Waals surface area contributed by atoms with Gasteiger partial charge in [-0.05, 0) is 0 Å². The summed E-state index contributed by atoms with van der Waals surface area (Å²) < 4.78 is 14.9. The molecule has 0 aromatic carbocycles. The van der Waals surface area contributed by atoms with E-state index in [0.717, 1.165) is 0 Å². The van der Waals surface area contributed by atoms with E-state index in [2.05, 4.69) is 4.74 Å². The lowest BCUT2D eigenvalue weighted by molar-refractivity contribution is -0.182. The highest BCUT2D eigenvalue weighted by Crippen LogP contribution is 2.57. The Morgan fingerprint density at radius 1 is 1.00 bits per heavy atom. The van der Waals surface area contributed by atoms with Crippen LogP contribution in [0.3, 0.4) is 0 Å². The Bertz CT molecular complexity index is 382. The summed E-state index contributed by atoms with van der Waals surface area (Å²) in [6, 6.07) is 0. The van der Waals surface area contributed by atoms with Gasteiger partial charge in [0.1, 0.15) is 18.3 Å². The molecule has 7 heteroatoms. The van der Waals surface area contributed by atoms with Crippen molar-refractivity contribution in [2.24, 2.45) is 17.8 Å². The van der Waals surface area contributed by atoms with Crippen LogP contribution in [0.15, 0.2) is 0 Å². The lowest BCUT2D eigenvalue weighted by atomic mass is 9.89. The van der Waals surface area contributed by atoms with Crippen molar-refractivity contribution in [1.29, 1.82) is 0 Å². The molecule has 2 N–H and O–H groups in total. The molecular weight excluding hydrogens is 256 g/mol. The van der Waals surface area contributed by atoms with Crippen LogP contribution in [0.1, 0.15) is 6.92 Å². The minimum absolute atomic E-state index is 0.375. The van der Waals surface area contributed by atoms with Gasteiger partial charge in [-0.1, -0.05) is 0 Å². The van der Waals surface area contributed by atoms with E-state index in [4.69, 9.17) is 9.47 Å². The third-order valence-electron chi connectivity index (χ3n) is 3.96. The molecule has 2 aliphatic rings. The summed E-state index contributed by atoms with van der Waals surface area (Å²) in [6.07, 6.45) is -3.90. The highest BCUT2D eigenvalue weighted by atomic mass is 16.6. The van der Waals surface area contributed by atoms with Crippen molar-refractivity contribution >= 4 is 11.9 Å². The predicted molar refractivity (Wildman–Crippen MR) is 60.9 cm³/mol. The second-order valence-electron chi connectivity index (χ2n) is 4.96. The van der Waals surface area contributed by atoms with Crippen molar-refractivity contribution in [3.05, 3.63) is 0 Å². The van der Waals surface area contributed by atoms with E-state index in [9.17, 15) is 19.8 Å². The van der Waals surface area contributed by atoms with Crippen LogP contribution in [-0.4, -0.2) is 60.8 Å². The molecule has 7 nitrogen and oxygen atoms in total. The summed E-state index contributed by atoms with van der Waals surface area (Å²) in [5.74, 6) is -2.41. The average Bonchev–Trinajstić information content (AvgIpc) is 3.10. The number of ether oxygens (including phenoxy) is 3. The number of esters is 2. The first-order valence-electron chi connectivity index (χ1n) is 6.08. The number of aliphatic hydroxyl groups is 2. The maximum Gasteiger partial charge on any atom is 0.309 e. The summed E-state index contributed by atoms with van der Waals surface area (Å²) in [6.45, 7) is 1.24. The molecule has 2 fully saturated rings. The molecule has 2 aliphatic carbocycles. The van der Waals surface area contributed by atoms with Gasteiger partial charge in [-0.25, -0.2) is 0 Å². The maximum absolute atomic E-state index is 11.6. The van der Waals surface area contributed by atoms with Crippen LogP contribution >= 0.6 is 0 Å². The largest absolute Gasteiger partial charge is 0.469 e. The first kappa shape index (κ1) is 14.2. The fraction of sp³-hybridized carbons (Fsp3) is 0.833. The zero-order chi connectivity index (χ0) is 14.3. The third kappa shape index (κ3) is 2.22.